The largest absolute Gasteiger partial charge is 0.384 e. The molecule has 0 fully saturated rings. The van der Waals surface area contributed by atoms with E-state index in [1.807, 2.05) is 60.7 Å². The summed E-state index contributed by atoms with van der Waals surface area (Å²) in [5, 5.41) is 10.6. The molecule has 0 amide bonds. The van der Waals surface area contributed by atoms with Crippen molar-refractivity contribution >= 4 is 13.6 Å². The number of benzene rings is 2. The normalized spacial score (nSPS) is 14.1. The molecule has 2 heteroatoms. The van der Waals surface area contributed by atoms with Crippen LogP contribution in [-0.2, 0) is 5.22 Å². The first kappa shape index (κ1) is 15.5. The summed E-state index contributed by atoms with van der Waals surface area (Å²) in [5.41, 5.74) is 5.68. The first-order valence-electron chi connectivity index (χ1n) is 7.15. The zero-order chi connectivity index (χ0) is 15.5. The highest BCUT2D eigenvalue weighted by atomic mass is 28.3. The molecule has 2 rings (SSSR count). The molecule has 1 unspecified atom stereocenters. The van der Waals surface area contributed by atoms with Gasteiger partial charge in [0.25, 0.3) is 0 Å². The molecule has 21 heavy (non-hydrogen) atoms. The van der Waals surface area contributed by atoms with E-state index in [4.69, 9.17) is 0 Å². The van der Waals surface area contributed by atoms with Crippen LogP contribution in [0.3, 0.4) is 0 Å². The summed E-state index contributed by atoms with van der Waals surface area (Å²) in [6, 6.07) is 19.8. The fourth-order valence-corrected chi connectivity index (χ4v) is 4.69. The minimum absolute atomic E-state index is 0.772. The molecule has 0 heterocycles. The number of hydrogen-bond acceptors (Lipinski definition) is 1. The smallest absolute Gasteiger partial charge is 0.110 e. The van der Waals surface area contributed by atoms with Gasteiger partial charge in [-0.25, -0.2) is 0 Å². The van der Waals surface area contributed by atoms with E-state index in [-0.39, 0.29) is 0 Å². The highest BCUT2D eigenvalue weighted by Gasteiger charge is 2.46. The van der Waals surface area contributed by atoms with Crippen LogP contribution in [-0.4, -0.2) is 13.2 Å². The maximum atomic E-state index is 11.7. The van der Waals surface area contributed by atoms with Crippen LogP contribution < -0.4 is 0 Å². The van der Waals surface area contributed by atoms with E-state index in [1.54, 1.807) is 0 Å². The summed E-state index contributed by atoms with van der Waals surface area (Å²) in [6.45, 7) is 10.3. The zero-order valence-corrected chi connectivity index (χ0v) is 13.9. The Morgan fingerprint density at radius 1 is 0.952 bits per heavy atom. The summed E-state index contributed by atoms with van der Waals surface area (Å²) >= 11 is 0. The molecule has 108 valence electrons. The van der Waals surface area contributed by atoms with Crippen molar-refractivity contribution in [3.05, 3.63) is 84.1 Å². The quantitative estimate of drug-likeness (QED) is 0.644. The summed E-state index contributed by atoms with van der Waals surface area (Å²) < 4.78 is 0. The molecule has 0 saturated carbocycles. The van der Waals surface area contributed by atoms with Gasteiger partial charge in [0.05, 0.1) is 8.07 Å². The van der Waals surface area contributed by atoms with E-state index in [1.165, 1.54) is 0 Å². The fraction of sp³-hybridized carbons (Fsp3) is 0.211. The lowest BCUT2D eigenvalue weighted by atomic mass is 9.95. The summed E-state index contributed by atoms with van der Waals surface area (Å²) in [4.78, 5) is 0. The third-order valence-electron chi connectivity index (χ3n) is 3.88. The topological polar surface area (TPSA) is 20.2 Å². The van der Waals surface area contributed by atoms with Crippen LogP contribution in [0.4, 0.5) is 0 Å². The lowest BCUT2D eigenvalue weighted by Crippen LogP contribution is -2.50. The van der Waals surface area contributed by atoms with Gasteiger partial charge < -0.3 is 5.11 Å². The minimum Gasteiger partial charge on any atom is -0.384 e. The lowest BCUT2D eigenvalue weighted by Gasteiger charge is -2.40. The van der Waals surface area contributed by atoms with E-state index >= 15 is 0 Å². The second-order valence-corrected chi connectivity index (χ2v) is 11.5. The van der Waals surface area contributed by atoms with Crippen molar-refractivity contribution in [2.24, 2.45) is 0 Å². The van der Waals surface area contributed by atoms with Gasteiger partial charge in [0, 0.05) is 5.57 Å². The molecule has 2 aromatic rings. The Kier molecular flexibility index (Phi) is 4.34. The molecular weight excluding hydrogens is 272 g/mol. The SMILES string of the molecule is C=C=C(c1ccccc1)C(O)(c1ccccc1)[Si](C)(C)C. The van der Waals surface area contributed by atoms with Gasteiger partial charge in [-0.2, -0.15) is 0 Å². The van der Waals surface area contributed by atoms with Gasteiger partial charge in [-0.1, -0.05) is 86.9 Å². The molecule has 1 N–H and O–H groups in total. The molecule has 0 saturated heterocycles. The summed E-state index contributed by atoms with van der Waals surface area (Å²) in [5.74, 6) is 0. The van der Waals surface area contributed by atoms with E-state index in [2.05, 4.69) is 32.0 Å². The molecule has 0 aliphatic rings. The van der Waals surface area contributed by atoms with E-state index < -0.39 is 13.3 Å². The van der Waals surface area contributed by atoms with Crippen molar-refractivity contribution in [3.63, 3.8) is 0 Å². The van der Waals surface area contributed by atoms with E-state index in [9.17, 15) is 5.11 Å². The first-order valence-corrected chi connectivity index (χ1v) is 10.6. The van der Waals surface area contributed by atoms with Crippen molar-refractivity contribution in [1.29, 1.82) is 0 Å². The number of rotatable bonds is 4. The third-order valence-corrected chi connectivity index (χ3v) is 6.59. The van der Waals surface area contributed by atoms with Crippen molar-refractivity contribution in [3.8, 4) is 0 Å². The zero-order valence-electron chi connectivity index (χ0n) is 12.9. The van der Waals surface area contributed by atoms with E-state index in [0.717, 1.165) is 16.7 Å². The van der Waals surface area contributed by atoms with E-state index in [0.29, 0.717) is 0 Å². The highest BCUT2D eigenvalue weighted by molar-refractivity contribution is 6.80. The predicted molar refractivity (Wildman–Crippen MR) is 92.7 cm³/mol. The highest BCUT2D eigenvalue weighted by Crippen LogP contribution is 2.42. The fourth-order valence-electron chi connectivity index (χ4n) is 2.68. The minimum atomic E-state index is -2.00. The molecule has 0 bridgehead atoms. The van der Waals surface area contributed by atoms with Gasteiger partial charge in [0.1, 0.15) is 5.22 Å². The molecule has 1 atom stereocenters. The van der Waals surface area contributed by atoms with Gasteiger partial charge in [-0.15, -0.1) is 5.73 Å². The Morgan fingerprint density at radius 2 is 1.43 bits per heavy atom. The van der Waals surface area contributed by atoms with Crippen LogP contribution in [0.2, 0.25) is 19.6 Å². The summed E-state index contributed by atoms with van der Waals surface area (Å²) in [6.07, 6.45) is 0. The molecule has 0 aliphatic carbocycles. The number of hydrogen-bond donors (Lipinski definition) is 1. The van der Waals surface area contributed by atoms with Crippen LogP contribution in [0.1, 0.15) is 11.1 Å². The summed E-state index contributed by atoms with van der Waals surface area (Å²) in [7, 11) is -2.00. The van der Waals surface area contributed by atoms with Crippen molar-refractivity contribution in [2.45, 2.75) is 24.9 Å². The molecule has 0 radical (unpaired) electrons. The van der Waals surface area contributed by atoms with Crippen molar-refractivity contribution in [2.75, 3.05) is 0 Å². The monoisotopic (exact) mass is 294 g/mol. The Labute approximate surface area is 128 Å². The van der Waals surface area contributed by atoms with Crippen LogP contribution in [0.25, 0.3) is 5.57 Å². The molecule has 0 aliphatic heterocycles. The van der Waals surface area contributed by atoms with Crippen molar-refractivity contribution < 1.29 is 5.11 Å². The van der Waals surface area contributed by atoms with Gasteiger partial charge in [-0.3, -0.25) is 0 Å². The van der Waals surface area contributed by atoms with Crippen LogP contribution in [0, 0.1) is 0 Å². The molecular formula is C19H22OSi. The Hall–Kier alpha value is -1.86. The second kappa shape index (κ2) is 5.86. The predicted octanol–water partition coefficient (Wildman–Crippen LogP) is 4.62. The average Bonchev–Trinajstić information content (AvgIpc) is 2.48. The van der Waals surface area contributed by atoms with Gasteiger partial charge in [0.15, 0.2) is 0 Å². The Bertz CT molecular complexity index is 649. The molecule has 1 nitrogen and oxygen atoms in total. The van der Waals surface area contributed by atoms with Gasteiger partial charge in [0.2, 0.25) is 0 Å². The molecule has 0 spiro atoms. The Morgan fingerprint density at radius 3 is 1.86 bits per heavy atom. The molecule has 2 aromatic carbocycles. The third kappa shape index (κ3) is 2.79. The van der Waals surface area contributed by atoms with Crippen molar-refractivity contribution in [1.82, 2.24) is 0 Å². The second-order valence-electron chi connectivity index (χ2n) is 6.24. The lowest BCUT2D eigenvalue weighted by molar-refractivity contribution is 0.178. The van der Waals surface area contributed by atoms with Crippen LogP contribution in [0.15, 0.2) is 73.0 Å². The van der Waals surface area contributed by atoms with Crippen LogP contribution >= 0.6 is 0 Å². The first-order chi connectivity index (χ1) is 9.91. The average molecular weight is 294 g/mol. The standard InChI is InChI=1S/C19H22OSi/c1-5-18(16-12-8-6-9-13-16)19(20,21(2,3)4)17-14-10-7-11-15-17/h6-15,20H,1H2,2-4H3. The molecule has 0 aromatic heterocycles. The maximum Gasteiger partial charge on any atom is 0.110 e. The van der Waals surface area contributed by atoms with Gasteiger partial charge in [-0.05, 0) is 11.1 Å². The number of aliphatic hydroxyl groups is 1. The van der Waals surface area contributed by atoms with Gasteiger partial charge >= 0.3 is 0 Å². The maximum absolute atomic E-state index is 11.7. The van der Waals surface area contributed by atoms with Crippen LogP contribution in [0.5, 0.6) is 0 Å². The Balaban J connectivity index is 2.70.